The molecule has 32 heavy (non-hydrogen) atoms. The number of piperidine rings is 1. The fourth-order valence-corrected chi connectivity index (χ4v) is 4.14. The molecule has 9 heteroatoms. The van der Waals surface area contributed by atoms with Crippen molar-refractivity contribution in [2.24, 2.45) is 5.92 Å². The molecule has 0 bridgehead atoms. The molecule has 174 valence electrons. The van der Waals surface area contributed by atoms with Crippen LogP contribution in [0.2, 0.25) is 0 Å². The normalized spacial score (nSPS) is 21.4. The SMILES string of the molecule is CCOC(=O)[C@H]1CCCN(CC2=C(C(=O)OC)[C@H](c3ccc(OCC)cc3)NC(=O)N2)C1. The third-order valence-corrected chi connectivity index (χ3v) is 5.59. The summed E-state index contributed by atoms with van der Waals surface area (Å²) in [7, 11) is 1.32. The topological polar surface area (TPSA) is 106 Å². The van der Waals surface area contributed by atoms with Crippen LogP contribution < -0.4 is 15.4 Å². The highest BCUT2D eigenvalue weighted by molar-refractivity contribution is 5.95. The summed E-state index contributed by atoms with van der Waals surface area (Å²) in [5.41, 5.74) is 1.56. The first kappa shape index (κ1) is 23.6. The third-order valence-electron chi connectivity index (χ3n) is 5.59. The van der Waals surface area contributed by atoms with Crippen LogP contribution in [-0.2, 0) is 19.1 Å². The molecule has 2 heterocycles. The van der Waals surface area contributed by atoms with Crippen molar-refractivity contribution in [2.75, 3.05) is 40.0 Å². The summed E-state index contributed by atoms with van der Waals surface area (Å²) in [6, 6.07) is 6.18. The van der Waals surface area contributed by atoms with Crippen molar-refractivity contribution in [3.8, 4) is 5.75 Å². The molecule has 0 aliphatic carbocycles. The molecule has 0 saturated carbocycles. The van der Waals surface area contributed by atoms with Gasteiger partial charge in [0.05, 0.1) is 37.9 Å². The molecule has 2 aliphatic rings. The van der Waals surface area contributed by atoms with Crippen molar-refractivity contribution in [1.82, 2.24) is 15.5 Å². The van der Waals surface area contributed by atoms with E-state index >= 15 is 0 Å². The van der Waals surface area contributed by atoms with E-state index in [1.807, 2.05) is 19.1 Å². The van der Waals surface area contributed by atoms with Crippen LogP contribution in [-0.4, -0.2) is 62.8 Å². The first-order valence-electron chi connectivity index (χ1n) is 11.0. The molecule has 2 atom stereocenters. The van der Waals surface area contributed by atoms with E-state index < -0.39 is 18.0 Å². The van der Waals surface area contributed by atoms with Crippen LogP contribution >= 0.6 is 0 Å². The van der Waals surface area contributed by atoms with Crippen LogP contribution in [0, 0.1) is 5.92 Å². The Balaban J connectivity index is 1.87. The lowest BCUT2D eigenvalue weighted by Crippen LogP contribution is -2.49. The van der Waals surface area contributed by atoms with Gasteiger partial charge in [0.25, 0.3) is 0 Å². The monoisotopic (exact) mass is 445 g/mol. The van der Waals surface area contributed by atoms with Crippen molar-refractivity contribution in [1.29, 1.82) is 0 Å². The molecule has 3 rings (SSSR count). The number of esters is 2. The summed E-state index contributed by atoms with van der Waals surface area (Å²) < 4.78 is 15.7. The highest BCUT2D eigenvalue weighted by Crippen LogP contribution is 2.30. The molecule has 9 nitrogen and oxygen atoms in total. The Labute approximate surface area is 188 Å². The Kier molecular flexibility index (Phi) is 8.10. The predicted molar refractivity (Wildman–Crippen MR) is 117 cm³/mol. The van der Waals surface area contributed by atoms with Crippen molar-refractivity contribution in [3.05, 3.63) is 41.1 Å². The van der Waals surface area contributed by atoms with E-state index in [4.69, 9.17) is 14.2 Å². The van der Waals surface area contributed by atoms with Gasteiger partial charge in [-0.05, 0) is 50.9 Å². The number of carbonyl (C=O) groups is 3. The maximum absolute atomic E-state index is 12.7. The maximum Gasteiger partial charge on any atom is 0.338 e. The van der Waals surface area contributed by atoms with Crippen LogP contribution in [0.4, 0.5) is 4.79 Å². The van der Waals surface area contributed by atoms with Gasteiger partial charge in [0.1, 0.15) is 5.75 Å². The maximum atomic E-state index is 12.7. The van der Waals surface area contributed by atoms with Crippen LogP contribution in [0.1, 0.15) is 38.3 Å². The van der Waals surface area contributed by atoms with E-state index in [-0.39, 0.29) is 11.9 Å². The fourth-order valence-electron chi connectivity index (χ4n) is 4.14. The van der Waals surface area contributed by atoms with Gasteiger partial charge in [0.2, 0.25) is 0 Å². The number of amides is 2. The summed E-state index contributed by atoms with van der Waals surface area (Å²) in [6.45, 7) is 6.16. The Morgan fingerprint density at radius 3 is 2.56 bits per heavy atom. The van der Waals surface area contributed by atoms with E-state index in [1.54, 1.807) is 19.1 Å². The largest absolute Gasteiger partial charge is 0.494 e. The molecule has 0 unspecified atom stereocenters. The number of nitrogens with zero attached hydrogens (tertiary/aromatic N) is 1. The van der Waals surface area contributed by atoms with E-state index in [9.17, 15) is 14.4 Å². The first-order chi connectivity index (χ1) is 15.5. The van der Waals surface area contributed by atoms with E-state index in [0.717, 1.165) is 24.9 Å². The average Bonchev–Trinajstić information content (AvgIpc) is 2.79. The number of likely N-dealkylation sites (tertiary alicyclic amines) is 1. The number of urea groups is 1. The number of methoxy groups -OCH3 is 1. The number of ether oxygens (including phenoxy) is 3. The Morgan fingerprint density at radius 2 is 1.91 bits per heavy atom. The second-order valence-electron chi connectivity index (χ2n) is 7.74. The number of hydrogen-bond acceptors (Lipinski definition) is 7. The van der Waals surface area contributed by atoms with Crippen LogP contribution in [0.5, 0.6) is 5.75 Å². The molecule has 1 aromatic carbocycles. The summed E-state index contributed by atoms with van der Waals surface area (Å²) >= 11 is 0. The zero-order valence-corrected chi connectivity index (χ0v) is 18.8. The number of nitrogens with one attached hydrogen (secondary N) is 2. The minimum atomic E-state index is -0.660. The zero-order valence-electron chi connectivity index (χ0n) is 18.8. The Hall–Kier alpha value is -3.07. The summed E-state index contributed by atoms with van der Waals surface area (Å²) in [4.78, 5) is 39.5. The van der Waals surface area contributed by atoms with Crippen LogP contribution in [0.25, 0.3) is 0 Å². The molecular weight excluding hydrogens is 414 g/mol. The van der Waals surface area contributed by atoms with Gasteiger partial charge < -0.3 is 24.8 Å². The second-order valence-corrected chi connectivity index (χ2v) is 7.74. The van der Waals surface area contributed by atoms with Gasteiger partial charge >= 0.3 is 18.0 Å². The number of carbonyl (C=O) groups excluding carboxylic acids is 3. The Morgan fingerprint density at radius 1 is 1.16 bits per heavy atom. The van der Waals surface area contributed by atoms with Gasteiger partial charge in [-0.1, -0.05) is 12.1 Å². The van der Waals surface area contributed by atoms with Gasteiger partial charge in [-0.2, -0.15) is 0 Å². The van der Waals surface area contributed by atoms with Gasteiger partial charge in [0.15, 0.2) is 0 Å². The molecule has 1 aromatic rings. The van der Waals surface area contributed by atoms with Gasteiger partial charge in [-0.15, -0.1) is 0 Å². The van der Waals surface area contributed by atoms with Crippen molar-refractivity contribution < 1.29 is 28.6 Å². The quantitative estimate of drug-likeness (QED) is 0.591. The molecule has 0 aromatic heterocycles. The fraction of sp³-hybridized carbons (Fsp3) is 0.522. The Bertz CT molecular complexity index is 867. The van der Waals surface area contributed by atoms with Crippen LogP contribution in [0.15, 0.2) is 35.5 Å². The van der Waals surface area contributed by atoms with E-state index in [0.29, 0.717) is 43.3 Å². The standard InChI is InChI=1S/C23H31N3O6/c1-4-31-17-10-8-15(9-11-17)20-19(22(28)30-3)18(24-23(29)25-20)14-26-12-6-7-16(13-26)21(27)32-5-2/h8-11,16,20H,4-7,12-14H2,1-3H3,(H2,24,25,29)/t16-,20-/m0/s1. The van der Waals surface area contributed by atoms with Crippen molar-refractivity contribution >= 4 is 18.0 Å². The predicted octanol–water partition coefficient (Wildman–Crippen LogP) is 2.14. The molecule has 0 spiro atoms. The van der Waals surface area contributed by atoms with Crippen LogP contribution in [0.3, 0.4) is 0 Å². The van der Waals surface area contributed by atoms with E-state index in [2.05, 4.69) is 15.5 Å². The second kappa shape index (κ2) is 11.0. The van der Waals surface area contributed by atoms with Crippen molar-refractivity contribution in [3.63, 3.8) is 0 Å². The van der Waals surface area contributed by atoms with Crippen molar-refractivity contribution in [2.45, 2.75) is 32.7 Å². The lowest BCUT2D eigenvalue weighted by Gasteiger charge is -2.35. The number of rotatable bonds is 8. The van der Waals surface area contributed by atoms with Gasteiger partial charge in [-0.3, -0.25) is 9.69 Å². The number of hydrogen-bond donors (Lipinski definition) is 2. The first-order valence-corrected chi connectivity index (χ1v) is 11.0. The summed E-state index contributed by atoms with van der Waals surface area (Å²) in [5.74, 6) is -0.241. The number of benzene rings is 1. The molecule has 2 aliphatic heterocycles. The summed E-state index contributed by atoms with van der Waals surface area (Å²) in [6.07, 6.45) is 1.60. The minimum absolute atomic E-state index is 0.207. The average molecular weight is 446 g/mol. The lowest BCUT2D eigenvalue weighted by atomic mass is 9.94. The molecule has 1 saturated heterocycles. The smallest absolute Gasteiger partial charge is 0.338 e. The van der Waals surface area contributed by atoms with Gasteiger partial charge in [0, 0.05) is 18.8 Å². The molecule has 2 N–H and O–H groups in total. The lowest BCUT2D eigenvalue weighted by molar-refractivity contribution is -0.150. The zero-order chi connectivity index (χ0) is 23.1. The molecular formula is C23H31N3O6. The minimum Gasteiger partial charge on any atom is -0.494 e. The molecule has 1 fully saturated rings. The summed E-state index contributed by atoms with van der Waals surface area (Å²) in [5, 5.41) is 5.59. The van der Waals surface area contributed by atoms with Gasteiger partial charge in [-0.25, -0.2) is 9.59 Å². The highest BCUT2D eigenvalue weighted by Gasteiger charge is 2.35. The molecule has 0 radical (unpaired) electrons. The van der Waals surface area contributed by atoms with E-state index in [1.165, 1.54) is 7.11 Å². The highest BCUT2D eigenvalue weighted by atomic mass is 16.5. The third kappa shape index (κ3) is 5.59. The molecule has 2 amide bonds.